The number of rotatable bonds is 9. The fourth-order valence-corrected chi connectivity index (χ4v) is 4.00. The first-order valence-corrected chi connectivity index (χ1v) is 10.8. The number of ether oxygens (including phenoxy) is 1. The smallest absolute Gasteiger partial charge is 0.310 e. The Labute approximate surface area is 177 Å². The number of benzene rings is 2. The number of carbonyl (C=O) groups excluding carboxylic acids is 2. The lowest BCUT2D eigenvalue weighted by Gasteiger charge is -2.21. The number of carbonyl (C=O) groups is 2. The van der Waals surface area contributed by atoms with E-state index >= 15 is 0 Å². The molecule has 2 aromatic rings. The Morgan fingerprint density at radius 3 is 2.67 bits per heavy atom. The molecular weight excluding hydrogens is 380 g/mol. The van der Waals surface area contributed by atoms with Crippen LogP contribution in [0.15, 0.2) is 54.3 Å². The van der Waals surface area contributed by atoms with Gasteiger partial charge in [-0.1, -0.05) is 68.7 Å². The van der Waals surface area contributed by atoms with Crippen molar-refractivity contribution in [2.24, 2.45) is 5.92 Å². The minimum atomic E-state index is -1.14. The molecule has 0 aromatic heterocycles. The first-order chi connectivity index (χ1) is 14.5. The third-order valence-electron chi connectivity index (χ3n) is 5.64. The van der Waals surface area contributed by atoms with Gasteiger partial charge in [0.2, 0.25) is 0 Å². The van der Waals surface area contributed by atoms with Gasteiger partial charge in [-0.25, -0.2) is 0 Å². The molecule has 0 spiro atoms. The first-order valence-electron chi connectivity index (χ1n) is 10.8. The average molecular weight is 411 g/mol. The van der Waals surface area contributed by atoms with Crippen molar-refractivity contribution in [1.29, 1.82) is 0 Å². The minimum Gasteiger partial charge on any atom is -0.512 e. The quantitative estimate of drug-likeness (QED) is 0.357. The number of aliphatic hydroxyl groups is 2. The largest absolute Gasteiger partial charge is 0.512 e. The van der Waals surface area contributed by atoms with E-state index in [9.17, 15) is 19.8 Å². The molecule has 3 atom stereocenters. The Morgan fingerprint density at radius 1 is 1.13 bits per heavy atom. The number of aliphatic hydroxyl groups excluding tert-OH is 2. The maximum absolute atomic E-state index is 12.5. The highest BCUT2D eigenvalue weighted by Crippen LogP contribution is 2.32. The van der Waals surface area contributed by atoms with E-state index in [0.717, 1.165) is 42.0 Å². The third-order valence-corrected chi connectivity index (χ3v) is 5.64. The van der Waals surface area contributed by atoms with E-state index in [2.05, 4.69) is 6.92 Å². The van der Waals surface area contributed by atoms with Crippen molar-refractivity contribution in [2.45, 2.75) is 64.1 Å². The zero-order valence-electron chi connectivity index (χ0n) is 17.4. The van der Waals surface area contributed by atoms with Crippen LogP contribution < -0.4 is 0 Å². The predicted molar refractivity (Wildman–Crippen MR) is 116 cm³/mol. The van der Waals surface area contributed by atoms with Crippen molar-refractivity contribution in [3.05, 3.63) is 59.9 Å². The molecule has 1 aliphatic rings. The second kappa shape index (κ2) is 10.4. The summed E-state index contributed by atoms with van der Waals surface area (Å²) >= 11 is 0. The van der Waals surface area contributed by atoms with E-state index in [0.29, 0.717) is 6.42 Å². The molecule has 160 valence electrons. The third kappa shape index (κ3) is 5.48. The number of esters is 1. The minimum absolute atomic E-state index is 0.0267. The van der Waals surface area contributed by atoms with Gasteiger partial charge in [-0.3, -0.25) is 9.59 Å². The number of hydrogen-bond donors (Lipinski definition) is 2. The van der Waals surface area contributed by atoms with Crippen LogP contribution in [0, 0.1) is 5.92 Å². The summed E-state index contributed by atoms with van der Waals surface area (Å²) in [5.74, 6) is -1.85. The molecule has 2 aromatic carbocycles. The summed E-state index contributed by atoms with van der Waals surface area (Å²) in [5.41, 5.74) is 0.789. The van der Waals surface area contributed by atoms with Crippen molar-refractivity contribution >= 4 is 22.5 Å². The summed E-state index contributed by atoms with van der Waals surface area (Å²) in [6.07, 6.45) is 4.30. The summed E-state index contributed by atoms with van der Waals surface area (Å²) < 4.78 is 5.44. The highest BCUT2D eigenvalue weighted by atomic mass is 16.5. The van der Waals surface area contributed by atoms with E-state index < -0.39 is 24.1 Å². The number of allylic oxidation sites excluding steroid dienone is 1. The van der Waals surface area contributed by atoms with Crippen LogP contribution >= 0.6 is 0 Å². The highest BCUT2D eigenvalue weighted by molar-refractivity contribution is 5.90. The zero-order valence-corrected chi connectivity index (χ0v) is 17.4. The van der Waals surface area contributed by atoms with Gasteiger partial charge < -0.3 is 14.9 Å². The number of unbranched alkanes of at least 4 members (excludes halogenated alkanes) is 4. The van der Waals surface area contributed by atoms with Gasteiger partial charge in [0.05, 0.1) is 24.2 Å². The van der Waals surface area contributed by atoms with Crippen LogP contribution in [-0.2, 0) is 20.7 Å². The molecule has 5 nitrogen and oxygen atoms in total. The molecule has 0 radical (unpaired) electrons. The summed E-state index contributed by atoms with van der Waals surface area (Å²) in [6.45, 7) is 2.13. The molecule has 0 amide bonds. The van der Waals surface area contributed by atoms with Crippen LogP contribution in [0.4, 0.5) is 0 Å². The molecule has 1 aliphatic carbocycles. The highest BCUT2D eigenvalue weighted by Gasteiger charge is 2.46. The Bertz CT molecular complexity index is 917. The number of ketones is 1. The second-order valence-electron chi connectivity index (χ2n) is 8.01. The number of hydrogen-bond acceptors (Lipinski definition) is 5. The SMILES string of the molecule is CCCCCC/C=C(\O)C1C(O)CC(=O)C1OC(=O)Cc1ccc2ccccc2c1. The summed E-state index contributed by atoms with van der Waals surface area (Å²) in [5, 5.41) is 22.8. The lowest BCUT2D eigenvalue weighted by Crippen LogP contribution is -2.32. The summed E-state index contributed by atoms with van der Waals surface area (Å²) in [6, 6.07) is 13.6. The fourth-order valence-electron chi connectivity index (χ4n) is 4.00. The van der Waals surface area contributed by atoms with Crippen LogP contribution in [0.5, 0.6) is 0 Å². The van der Waals surface area contributed by atoms with Crippen LogP contribution in [-0.4, -0.2) is 34.2 Å². The number of Topliss-reactive ketones (excluding diaryl/α,β-unsaturated/α-hetero) is 1. The van der Waals surface area contributed by atoms with E-state index in [1.54, 1.807) is 6.08 Å². The van der Waals surface area contributed by atoms with Crippen molar-refractivity contribution in [3.8, 4) is 0 Å². The van der Waals surface area contributed by atoms with Gasteiger partial charge in [-0.2, -0.15) is 0 Å². The Hall–Kier alpha value is -2.66. The van der Waals surface area contributed by atoms with E-state index in [4.69, 9.17) is 4.74 Å². The molecule has 3 rings (SSSR count). The molecule has 0 aliphatic heterocycles. The normalized spacial score (nSPS) is 21.9. The lowest BCUT2D eigenvalue weighted by molar-refractivity contribution is -0.155. The van der Waals surface area contributed by atoms with Crippen molar-refractivity contribution in [3.63, 3.8) is 0 Å². The van der Waals surface area contributed by atoms with Crippen LogP contribution in [0.1, 0.15) is 51.0 Å². The maximum Gasteiger partial charge on any atom is 0.310 e. The Balaban J connectivity index is 1.63. The summed E-state index contributed by atoms with van der Waals surface area (Å²) in [7, 11) is 0. The molecule has 30 heavy (non-hydrogen) atoms. The Kier molecular flexibility index (Phi) is 7.63. The monoisotopic (exact) mass is 410 g/mol. The average Bonchev–Trinajstić information content (AvgIpc) is 3.00. The molecule has 1 fully saturated rings. The molecule has 5 heteroatoms. The molecule has 0 saturated heterocycles. The van der Waals surface area contributed by atoms with Crippen LogP contribution in [0.2, 0.25) is 0 Å². The fraction of sp³-hybridized carbons (Fsp3) is 0.440. The number of fused-ring (bicyclic) bond motifs is 1. The van der Waals surface area contributed by atoms with E-state index in [1.165, 1.54) is 0 Å². The van der Waals surface area contributed by atoms with E-state index in [-0.39, 0.29) is 24.4 Å². The standard InChI is InChI=1S/C25H30O5/c1-2-3-4-5-6-11-20(26)24-21(27)16-22(28)25(24)30-23(29)15-17-12-13-18-9-7-8-10-19(18)14-17/h7-14,21,24-27H,2-6,15-16H2,1H3/b20-11-. The van der Waals surface area contributed by atoms with Crippen LogP contribution in [0.25, 0.3) is 10.8 Å². The van der Waals surface area contributed by atoms with Crippen molar-refractivity contribution in [2.75, 3.05) is 0 Å². The summed E-state index contributed by atoms with van der Waals surface area (Å²) in [4.78, 5) is 24.8. The molecule has 3 unspecified atom stereocenters. The maximum atomic E-state index is 12.5. The van der Waals surface area contributed by atoms with Crippen molar-refractivity contribution in [1.82, 2.24) is 0 Å². The zero-order chi connectivity index (χ0) is 21.5. The van der Waals surface area contributed by atoms with Gasteiger partial charge in [0.15, 0.2) is 11.9 Å². The lowest BCUT2D eigenvalue weighted by atomic mass is 9.99. The van der Waals surface area contributed by atoms with Gasteiger partial charge in [0.1, 0.15) is 0 Å². The van der Waals surface area contributed by atoms with Gasteiger partial charge >= 0.3 is 5.97 Å². The molecule has 0 heterocycles. The van der Waals surface area contributed by atoms with Crippen molar-refractivity contribution < 1.29 is 24.5 Å². The molecule has 1 saturated carbocycles. The first kappa shape index (κ1) is 22.0. The van der Waals surface area contributed by atoms with Gasteiger partial charge in [0, 0.05) is 6.42 Å². The molecule has 0 bridgehead atoms. The second-order valence-corrected chi connectivity index (χ2v) is 8.01. The van der Waals surface area contributed by atoms with Gasteiger partial charge in [0.25, 0.3) is 0 Å². The predicted octanol–water partition coefficient (Wildman–Crippen LogP) is 4.66. The molecule has 2 N–H and O–H groups in total. The Morgan fingerprint density at radius 2 is 1.90 bits per heavy atom. The van der Waals surface area contributed by atoms with Crippen LogP contribution in [0.3, 0.4) is 0 Å². The topological polar surface area (TPSA) is 83.8 Å². The molecular formula is C25H30O5. The van der Waals surface area contributed by atoms with Gasteiger partial charge in [-0.05, 0) is 35.3 Å². The van der Waals surface area contributed by atoms with Gasteiger partial charge in [-0.15, -0.1) is 0 Å². The van der Waals surface area contributed by atoms with E-state index in [1.807, 2.05) is 42.5 Å².